The molecule has 0 heterocycles. The molecule has 0 aromatic carbocycles. The van der Waals surface area contributed by atoms with Crippen LogP contribution in [-0.2, 0) is 19.1 Å². The molecule has 50 heavy (non-hydrogen) atoms. The number of ether oxygens (including phenoxy) is 2. The zero-order valence-corrected chi connectivity index (χ0v) is 32.4. The molecule has 0 unspecified atom stereocenters. The predicted molar refractivity (Wildman–Crippen MR) is 214 cm³/mol. The monoisotopic (exact) mass is 697 g/mol. The van der Waals surface area contributed by atoms with E-state index >= 15 is 0 Å². The van der Waals surface area contributed by atoms with Gasteiger partial charge in [0.05, 0.1) is 6.61 Å². The summed E-state index contributed by atoms with van der Waals surface area (Å²) >= 11 is 0. The van der Waals surface area contributed by atoms with Crippen molar-refractivity contribution in [3.63, 3.8) is 0 Å². The van der Waals surface area contributed by atoms with Crippen LogP contribution in [-0.4, -0.2) is 36.4 Å². The van der Waals surface area contributed by atoms with Gasteiger partial charge in [0, 0.05) is 12.8 Å². The van der Waals surface area contributed by atoms with E-state index < -0.39 is 12.1 Å². The molecule has 0 fully saturated rings. The third-order valence-corrected chi connectivity index (χ3v) is 8.53. The summed E-state index contributed by atoms with van der Waals surface area (Å²) < 4.78 is 10.6. The van der Waals surface area contributed by atoms with Gasteiger partial charge in [-0.05, 0) is 51.4 Å². The first-order chi connectivity index (χ1) is 24.6. The van der Waals surface area contributed by atoms with Crippen molar-refractivity contribution in [3.8, 4) is 0 Å². The van der Waals surface area contributed by atoms with Crippen LogP contribution in [0, 0.1) is 0 Å². The van der Waals surface area contributed by atoms with Crippen LogP contribution in [0.3, 0.4) is 0 Å². The van der Waals surface area contributed by atoms with Crippen molar-refractivity contribution in [2.75, 3.05) is 13.2 Å². The van der Waals surface area contributed by atoms with E-state index in [0.29, 0.717) is 12.8 Å². The molecule has 0 spiro atoms. The summed E-state index contributed by atoms with van der Waals surface area (Å²) in [6, 6.07) is 0. The maximum Gasteiger partial charge on any atom is 0.306 e. The standard InChI is InChI=1S/C45H76O5/c1-3-5-7-9-11-13-15-17-19-21-22-24-26-28-30-32-34-36-38-40-45(48)50-43(41-46)42-49-44(47)39-37-35-33-31-29-27-25-23-20-18-16-14-12-10-8-6-4-2/h5,7,11,13,17,19,22,24,28,30,34,36,43,46H,3-4,6,8-10,12,14-16,18,20-21,23,25-27,29,31-33,35,37-42H2,1-2H3/t43-/m0/s1. The molecule has 0 saturated carbocycles. The highest BCUT2D eigenvalue weighted by Gasteiger charge is 2.15. The third kappa shape index (κ3) is 38.1. The Kier molecular flexibility index (Phi) is 38.6. The Morgan fingerprint density at radius 1 is 0.480 bits per heavy atom. The molecule has 0 aliphatic carbocycles. The number of rotatable bonds is 36. The Morgan fingerprint density at radius 2 is 0.860 bits per heavy atom. The Bertz CT molecular complexity index is 926. The van der Waals surface area contributed by atoms with E-state index in [1.165, 1.54) is 89.9 Å². The number of allylic oxidation sites excluding steroid dienone is 12. The minimum atomic E-state index is -0.813. The van der Waals surface area contributed by atoms with Gasteiger partial charge in [0.25, 0.3) is 0 Å². The molecular formula is C45H76O5. The SMILES string of the molecule is CCC=CCC=CCC=CCC=CCC=CCC=CCCC(=O)O[C@@H](CO)COC(=O)CCCCCCCCCCCCCCCCCCC. The lowest BCUT2D eigenvalue weighted by molar-refractivity contribution is -0.161. The summed E-state index contributed by atoms with van der Waals surface area (Å²) in [7, 11) is 0. The summed E-state index contributed by atoms with van der Waals surface area (Å²) in [5.74, 6) is -0.689. The molecule has 0 saturated heterocycles. The topological polar surface area (TPSA) is 72.8 Å². The maximum absolute atomic E-state index is 12.1. The van der Waals surface area contributed by atoms with Crippen LogP contribution < -0.4 is 0 Å². The van der Waals surface area contributed by atoms with E-state index in [1.54, 1.807) is 0 Å². The lowest BCUT2D eigenvalue weighted by Crippen LogP contribution is -2.28. The first-order valence-corrected chi connectivity index (χ1v) is 20.5. The van der Waals surface area contributed by atoms with Gasteiger partial charge in [0.1, 0.15) is 6.61 Å². The van der Waals surface area contributed by atoms with Crippen LogP contribution in [0.4, 0.5) is 0 Å². The van der Waals surface area contributed by atoms with E-state index in [-0.39, 0.29) is 25.6 Å². The fraction of sp³-hybridized carbons (Fsp3) is 0.689. The van der Waals surface area contributed by atoms with E-state index in [9.17, 15) is 14.7 Å². The fourth-order valence-electron chi connectivity index (χ4n) is 5.46. The average Bonchev–Trinajstić information content (AvgIpc) is 3.12. The van der Waals surface area contributed by atoms with Crippen LogP contribution in [0.25, 0.3) is 0 Å². The summed E-state index contributed by atoms with van der Waals surface area (Å²) in [6.07, 6.45) is 54.0. The van der Waals surface area contributed by atoms with E-state index in [0.717, 1.165) is 57.8 Å². The van der Waals surface area contributed by atoms with Gasteiger partial charge in [0.15, 0.2) is 6.10 Å². The number of hydrogen-bond acceptors (Lipinski definition) is 5. The number of aliphatic hydroxyl groups excluding tert-OH is 1. The van der Waals surface area contributed by atoms with Crippen LogP contribution in [0.1, 0.15) is 181 Å². The van der Waals surface area contributed by atoms with Gasteiger partial charge in [-0.3, -0.25) is 9.59 Å². The lowest BCUT2D eigenvalue weighted by atomic mass is 10.0. The minimum Gasteiger partial charge on any atom is -0.462 e. The zero-order valence-electron chi connectivity index (χ0n) is 32.4. The largest absolute Gasteiger partial charge is 0.462 e. The minimum absolute atomic E-state index is 0.0973. The molecule has 0 amide bonds. The number of aliphatic hydroxyl groups is 1. The third-order valence-electron chi connectivity index (χ3n) is 8.53. The number of esters is 2. The second-order valence-electron chi connectivity index (χ2n) is 13.3. The zero-order chi connectivity index (χ0) is 36.4. The second-order valence-corrected chi connectivity index (χ2v) is 13.3. The predicted octanol–water partition coefficient (Wildman–Crippen LogP) is 13.0. The Labute approximate surface area is 308 Å². The van der Waals surface area contributed by atoms with Gasteiger partial charge in [0.2, 0.25) is 0 Å². The Morgan fingerprint density at radius 3 is 1.26 bits per heavy atom. The number of carbonyl (C=O) groups excluding carboxylic acids is 2. The van der Waals surface area contributed by atoms with Gasteiger partial charge >= 0.3 is 11.9 Å². The number of hydrogen-bond donors (Lipinski definition) is 1. The van der Waals surface area contributed by atoms with Crippen molar-refractivity contribution in [3.05, 3.63) is 72.9 Å². The van der Waals surface area contributed by atoms with Crippen LogP contribution in [0.2, 0.25) is 0 Å². The van der Waals surface area contributed by atoms with E-state index in [2.05, 4.69) is 74.6 Å². The number of carbonyl (C=O) groups is 2. The summed E-state index contributed by atoms with van der Waals surface area (Å²) in [5.41, 5.74) is 0. The molecule has 0 radical (unpaired) electrons. The van der Waals surface area contributed by atoms with Crippen molar-refractivity contribution in [1.82, 2.24) is 0 Å². The van der Waals surface area contributed by atoms with Gasteiger partial charge in [-0.15, -0.1) is 0 Å². The lowest BCUT2D eigenvalue weighted by Gasteiger charge is -2.15. The molecule has 0 aromatic rings. The molecule has 5 nitrogen and oxygen atoms in total. The van der Waals surface area contributed by atoms with E-state index in [1.807, 2.05) is 12.2 Å². The molecule has 0 aliphatic heterocycles. The smallest absolute Gasteiger partial charge is 0.306 e. The van der Waals surface area contributed by atoms with Crippen LogP contribution in [0.15, 0.2) is 72.9 Å². The molecular weight excluding hydrogens is 620 g/mol. The summed E-state index contributed by atoms with van der Waals surface area (Å²) in [4.78, 5) is 24.2. The fourth-order valence-corrected chi connectivity index (χ4v) is 5.46. The molecule has 286 valence electrons. The molecule has 0 aromatic heterocycles. The first-order valence-electron chi connectivity index (χ1n) is 20.5. The molecule has 0 aliphatic rings. The van der Waals surface area contributed by atoms with E-state index in [4.69, 9.17) is 9.47 Å². The van der Waals surface area contributed by atoms with Crippen molar-refractivity contribution >= 4 is 11.9 Å². The van der Waals surface area contributed by atoms with Crippen LogP contribution >= 0.6 is 0 Å². The normalized spacial score (nSPS) is 12.9. The van der Waals surface area contributed by atoms with Gasteiger partial charge in [-0.25, -0.2) is 0 Å². The quantitative estimate of drug-likeness (QED) is 0.0401. The highest BCUT2D eigenvalue weighted by molar-refractivity contribution is 5.70. The van der Waals surface area contributed by atoms with Crippen molar-refractivity contribution in [2.45, 2.75) is 187 Å². The highest BCUT2D eigenvalue weighted by Crippen LogP contribution is 2.14. The summed E-state index contributed by atoms with van der Waals surface area (Å²) in [5, 5.41) is 9.55. The first kappa shape index (κ1) is 47.3. The molecule has 1 N–H and O–H groups in total. The summed E-state index contributed by atoms with van der Waals surface area (Å²) in [6.45, 7) is 3.96. The van der Waals surface area contributed by atoms with Gasteiger partial charge in [-0.2, -0.15) is 0 Å². The molecule has 5 heteroatoms. The molecule has 0 bridgehead atoms. The number of unbranched alkanes of at least 4 members (excludes halogenated alkanes) is 16. The molecule has 0 rings (SSSR count). The van der Waals surface area contributed by atoms with Crippen LogP contribution in [0.5, 0.6) is 0 Å². The van der Waals surface area contributed by atoms with Gasteiger partial charge in [-0.1, -0.05) is 189 Å². The average molecular weight is 697 g/mol. The maximum atomic E-state index is 12.1. The highest BCUT2D eigenvalue weighted by atomic mass is 16.6. The van der Waals surface area contributed by atoms with Gasteiger partial charge < -0.3 is 14.6 Å². The van der Waals surface area contributed by atoms with Crippen molar-refractivity contribution in [2.24, 2.45) is 0 Å². The van der Waals surface area contributed by atoms with Crippen molar-refractivity contribution < 1.29 is 24.2 Å². The Balaban J connectivity index is 3.68. The van der Waals surface area contributed by atoms with Crippen molar-refractivity contribution in [1.29, 1.82) is 0 Å². The second kappa shape index (κ2) is 40.8. The Hall–Kier alpha value is -2.66. The molecule has 1 atom stereocenters.